The molecule has 2 N–H and O–H groups in total. The van der Waals surface area contributed by atoms with Crippen LogP contribution >= 0.6 is 11.6 Å². The van der Waals surface area contributed by atoms with Crippen LogP contribution in [0.2, 0.25) is 5.02 Å². The molecule has 2 heterocycles. The first kappa shape index (κ1) is 22.3. The van der Waals surface area contributed by atoms with Crippen LogP contribution in [0, 0.1) is 48.2 Å². The van der Waals surface area contributed by atoms with Gasteiger partial charge in [0.25, 0.3) is 0 Å². The van der Waals surface area contributed by atoms with Crippen LogP contribution in [0.5, 0.6) is 0 Å². The summed E-state index contributed by atoms with van der Waals surface area (Å²) >= 11 is 5.97. The van der Waals surface area contributed by atoms with Crippen LogP contribution < -0.4 is 10.7 Å². The fourth-order valence-corrected chi connectivity index (χ4v) is 4.17. The number of nitrogens with two attached hydrogens (primary N) is 1. The number of hydrogen-bond acceptors (Lipinski definition) is 5. The molecular formula is C25H20ClFN6. The van der Waals surface area contributed by atoms with Gasteiger partial charge in [-0.05, 0) is 61.9 Å². The van der Waals surface area contributed by atoms with Gasteiger partial charge in [0.15, 0.2) is 0 Å². The van der Waals surface area contributed by atoms with Gasteiger partial charge >= 0.3 is 0 Å². The average molecular weight is 459 g/mol. The monoisotopic (exact) mass is 458 g/mol. The number of benzene rings is 2. The van der Waals surface area contributed by atoms with Crippen LogP contribution in [-0.4, -0.2) is 16.4 Å². The number of nitrogens with zero attached hydrogens (tertiary/aromatic N) is 5. The third-order valence-corrected chi connectivity index (χ3v) is 5.91. The van der Waals surface area contributed by atoms with E-state index < -0.39 is 17.9 Å². The zero-order chi connectivity index (χ0) is 23.7. The van der Waals surface area contributed by atoms with Crippen molar-refractivity contribution < 1.29 is 4.39 Å². The average Bonchev–Trinajstić information content (AvgIpc) is 3.29. The lowest BCUT2D eigenvalue weighted by Gasteiger charge is -2.21. The first-order chi connectivity index (χ1) is 15.8. The molecule has 1 aliphatic heterocycles. The van der Waals surface area contributed by atoms with E-state index in [-0.39, 0.29) is 10.6 Å². The second-order valence-corrected chi connectivity index (χ2v) is 8.10. The fraction of sp³-hybridized carbons (Fsp3) is 0.160. The molecule has 4 rings (SSSR count). The molecule has 0 saturated carbocycles. The maximum Gasteiger partial charge on any atom is 0.141 e. The molecule has 2 aromatic carbocycles. The second kappa shape index (κ2) is 8.91. The molecule has 1 aliphatic rings. The van der Waals surface area contributed by atoms with E-state index in [1.54, 1.807) is 23.2 Å². The Morgan fingerprint density at radius 1 is 1.12 bits per heavy atom. The van der Waals surface area contributed by atoms with Crippen LogP contribution in [0.3, 0.4) is 0 Å². The minimum absolute atomic E-state index is 0.0296. The normalized spacial score (nSPS) is 18.1. The lowest BCUT2D eigenvalue weighted by molar-refractivity contribution is 0.624. The largest absolute Gasteiger partial charge is 0.318 e. The van der Waals surface area contributed by atoms with Gasteiger partial charge in [-0.2, -0.15) is 15.6 Å². The molecule has 8 heteroatoms. The summed E-state index contributed by atoms with van der Waals surface area (Å²) in [6.07, 6.45) is 0.992. The number of anilines is 1. The first-order valence-electron chi connectivity index (χ1n) is 10.2. The van der Waals surface area contributed by atoms with Crippen molar-refractivity contribution in [3.63, 3.8) is 0 Å². The van der Waals surface area contributed by atoms with Crippen LogP contribution in [0.25, 0.3) is 11.8 Å². The van der Waals surface area contributed by atoms with E-state index in [2.05, 4.69) is 17.2 Å². The van der Waals surface area contributed by atoms with Crippen molar-refractivity contribution in [2.75, 3.05) is 5.01 Å². The van der Waals surface area contributed by atoms with Gasteiger partial charge in [-0.25, -0.2) is 9.40 Å². The summed E-state index contributed by atoms with van der Waals surface area (Å²) < 4.78 is 15.5. The number of aryl methyl sites for hydroxylation is 1. The van der Waals surface area contributed by atoms with Crippen molar-refractivity contribution in [3.8, 4) is 17.8 Å². The molecule has 3 aromatic rings. The number of hydrazone groups is 1. The number of aromatic nitrogens is 1. The Kier molecular flexibility index (Phi) is 6.02. The molecule has 0 unspecified atom stereocenters. The fourth-order valence-electron chi connectivity index (χ4n) is 3.99. The standard InChI is InChI=1S/C25H20ClFN6/c1-15-10-17(16(2)32(15)20-8-9-23(27)22(26)12-20)11-18(13-28)24-21(14-29)25(30)33(31-24)19-6-4-3-5-7-19/h3-12,21,25H,30H2,1-2H3/b18-11-/t21-,25-/m1/s1. The molecule has 6 nitrogen and oxygen atoms in total. The smallest absolute Gasteiger partial charge is 0.141 e. The summed E-state index contributed by atoms with van der Waals surface area (Å²) in [6, 6.07) is 20.1. The molecule has 0 saturated heterocycles. The van der Waals surface area contributed by atoms with Crippen LogP contribution in [-0.2, 0) is 0 Å². The zero-order valence-electron chi connectivity index (χ0n) is 18.0. The molecule has 33 heavy (non-hydrogen) atoms. The van der Waals surface area contributed by atoms with E-state index in [4.69, 9.17) is 17.3 Å². The summed E-state index contributed by atoms with van der Waals surface area (Å²) in [5, 5.41) is 25.8. The maximum absolute atomic E-state index is 13.6. The van der Waals surface area contributed by atoms with Gasteiger partial charge in [0, 0.05) is 17.1 Å². The Balaban J connectivity index is 1.77. The quantitative estimate of drug-likeness (QED) is 0.550. The van der Waals surface area contributed by atoms with Crippen LogP contribution in [0.1, 0.15) is 17.0 Å². The summed E-state index contributed by atoms with van der Waals surface area (Å²) in [5.41, 5.74) is 10.8. The first-order valence-corrected chi connectivity index (χ1v) is 10.6. The van der Waals surface area contributed by atoms with Gasteiger partial charge in [-0.15, -0.1) is 0 Å². The minimum atomic E-state index is -0.768. The van der Waals surface area contributed by atoms with Crippen molar-refractivity contribution in [2.24, 2.45) is 16.8 Å². The molecule has 1 aromatic heterocycles. The summed E-state index contributed by atoms with van der Waals surface area (Å²) in [7, 11) is 0. The number of halogens is 2. The molecule has 0 spiro atoms. The maximum atomic E-state index is 13.6. The highest BCUT2D eigenvalue weighted by atomic mass is 35.5. The number of rotatable bonds is 4. The second-order valence-electron chi connectivity index (χ2n) is 7.69. The van der Waals surface area contributed by atoms with E-state index >= 15 is 0 Å². The van der Waals surface area contributed by atoms with E-state index in [1.165, 1.54) is 6.07 Å². The number of allylic oxidation sites excluding steroid dienone is 1. The van der Waals surface area contributed by atoms with E-state index in [0.29, 0.717) is 11.4 Å². The Morgan fingerprint density at radius 3 is 2.48 bits per heavy atom. The minimum Gasteiger partial charge on any atom is -0.318 e. The Hall–Kier alpha value is -3.91. The number of para-hydroxylation sites is 1. The topological polar surface area (TPSA) is 94.1 Å². The lowest BCUT2D eigenvalue weighted by atomic mass is 9.95. The molecule has 0 fully saturated rings. The van der Waals surface area contributed by atoms with E-state index in [0.717, 1.165) is 22.6 Å². The van der Waals surface area contributed by atoms with Gasteiger partial charge < -0.3 is 10.3 Å². The van der Waals surface area contributed by atoms with E-state index in [1.807, 2.05) is 54.8 Å². The highest BCUT2D eigenvalue weighted by molar-refractivity contribution is 6.30. The van der Waals surface area contributed by atoms with Gasteiger partial charge in [0.1, 0.15) is 24.0 Å². The third kappa shape index (κ3) is 4.01. The summed E-state index contributed by atoms with van der Waals surface area (Å²) in [4.78, 5) is 0. The molecule has 0 bridgehead atoms. The van der Waals surface area contributed by atoms with Crippen molar-refractivity contribution in [1.82, 2.24) is 4.57 Å². The van der Waals surface area contributed by atoms with Crippen molar-refractivity contribution >= 4 is 29.1 Å². The van der Waals surface area contributed by atoms with Gasteiger partial charge in [-0.1, -0.05) is 29.8 Å². The summed E-state index contributed by atoms with van der Waals surface area (Å²) in [5.74, 6) is -1.26. The zero-order valence-corrected chi connectivity index (χ0v) is 18.8. The Morgan fingerprint density at radius 2 is 1.85 bits per heavy atom. The Labute approximate surface area is 196 Å². The van der Waals surface area contributed by atoms with Gasteiger partial charge in [0.05, 0.1) is 28.1 Å². The molecule has 0 amide bonds. The highest BCUT2D eigenvalue weighted by Gasteiger charge is 2.37. The van der Waals surface area contributed by atoms with Gasteiger partial charge in [-0.3, -0.25) is 0 Å². The molecule has 2 atom stereocenters. The van der Waals surface area contributed by atoms with Crippen molar-refractivity contribution in [2.45, 2.75) is 20.0 Å². The number of hydrogen-bond donors (Lipinski definition) is 1. The van der Waals surface area contributed by atoms with Crippen molar-refractivity contribution in [1.29, 1.82) is 10.5 Å². The molecular weight excluding hydrogens is 439 g/mol. The molecule has 0 radical (unpaired) electrons. The molecule has 0 aliphatic carbocycles. The number of nitriles is 2. The summed E-state index contributed by atoms with van der Waals surface area (Å²) in [6.45, 7) is 3.80. The highest BCUT2D eigenvalue weighted by Crippen LogP contribution is 2.30. The third-order valence-electron chi connectivity index (χ3n) is 5.62. The van der Waals surface area contributed by atoms with E-state index in [9.17, 15) is 14.9 Å². The predicted octanol–water partition coefficient (Wildman–Crippen LogP) is 5.09. The predicted molar refractivity (Wildman–Crippen MR) is 127 cm³/mol. The Bertz CT molecular complexity index is 1360. The van der Waals surface area contributed by atoms with Crippen LogP contribution in [0.4, 0.5) is 10.1 Å². The van der Waals surface area contributed by atoms with Crippen LogP contribution in [0.15, 0.2) is 65.3 Å². The van der Waals surface area contributed by atoms with Crippen molar-refractivity contribution in [3.05, 3.63) is 88.0 Å². The lowest BCUT2D eigenvalue weighted by Crippen LogP contribution is -2.40. The van der Waals surface area contributed by atoms with Gasteiger partial charge in [0.2, 0.25) is 0 Å². The SMILES string of the molecule is Cc1cc(/C=C(/C#N)C2=NN(c3ccccc3)[C@@H](N)[C@@H]2C#N)c(C)n1-c1ccc(F)c(Cl)c1. The molecule has 164 valence electrons.